The van der Waals surface area contributed by atoms with Crippen LogP contribution in [0.25, 0.3) is 0 Å². The summed E-state index contributed by atoms with van der Waals surface area (Å²) in [5.41, 5.74) is 4.72. The van der Waals surface area contributed by atoms with Crippen molar-refractivity contribution in [2.75, 3.05) is 53.7 Å². The molecular formula is C24H26N4O. The van der Waals surface area contributed by atoms with Crippen molar-refractivity contribution in [2.24, 2.45) is 0 Å². The largest absolute Gasteiger partial charge is 0.387 e. The summed E-state index contributed by atoms with van der Waals surface area (Å²) >= 11 is 0. The van der Waals surface area contributed by atoms with Crippen molar-refractivity contribution in [1.82, 2.24) is 0 Å². The molecule has 1 saturated heterocycles. The van der Waals surface area contributed by atoms with Gasteiger partial charge in [-0.2, -0.15) is 0 Å². The first kappa shape index (κ1) is 18.9. The Kier molecular flexibility index (Phi) is 5.66. The van der Waals surface area contributed by atoms with Gasteiger partial charge in [-0.25, -0.2) is 0 Å². The van der Waals surface area contributed by atoms with Crippen molar-refractivity contribution in [3.8, 4) is 0 Å². The number of piperazine rings is 1. The minimum Gasteiger partial charge on any atom is -0.387 e. The number of benzene rings is 3. The smallest absolute Gasteiger partial charge is 0.257 e. The zero-order valence-electron chi connectivity index (χ0n) is 16.6. The van der Waals surface area contributed by atoms with Gasteiger partial charge in [0.25, 0.3) is 5.91 Å². The molecule has 4 rings (SSSR count). The van der Waals surface area contributed by atoms with Gasteiger partial charge in [0.2, 0.25) is 0 Å². The van der Waals surface area contributed by atoms with Gasteiger partial charge in [0.15, 0.2) is 0 Å². The highest BCUT2D eigenvalue weighted by molar-refractivity contribution is 6.08. The van der Waals surface area contributed by atoms with E-state index in [1.54, 1.807) is 0 Å². The normalized spacial score (nSPS) is 13.8. The summed E-state index contributed by atoms with van der Waals surface area (Å²) in [7, 11) is 1.82. The number of hydrogen-bond donors (Lipinski definition) is 2. The molecule has 1 aliphatic rings. The highest BCUT2D eigenvalue weighted by Crippen LogP contribution is 2.23. The van der Waals surface area contributed by atoms with E-state index in [1.165, 1.54) is 11.4 Å². The first-order chi connectivity index (χ1) is 14.2. The Balaban J connectivity index is 1.37. The lowest BCUT2D eigenvalue weighted by atomic mass is 10.1. The molecule has 1 aliphatic heterocycles. The van der Waals surface area contributed by atoms with Gasteiger partial charge in [-0.15, -0.1) is 0 Å². The highest BCUT2D eigenvalue weighted by atomic mass is 16.1. The Morgan fingerprint density at radius 1 is 0.724 bits per heavy atom. The molecule has 1 fully saturated rings. The number of hydrogen-bond acceptors (Lipinski definition) is 4. The van der Waals surface area contributed by atoms with E-state index in [0.29, 0.717) is 5.56 Å². The molecule has 0 bridgehead atoms. The molecule has 5 heteroatoms. The topological polar surface area (TPSA) is 47.6 Å². The van der Waals surface area contributed by atoms with Crippen LogP contribution in [-0.2, 0) is 0 Å². The van der Waals surface area contributed by atoms with Crippen LogP contribution in [0.5, 0.6) is 0 Å². The molecule has 29 heavy (non-hydrogen) atoms. The van der Waals surface area contributed by atoms with Crippen LogP contribution in [0.2, 0.25) is 0 Å². The highest BCUT2D eigenvalue weighted by Gasteiger charge is 2.17. The van der Waals surface area contributed by atoms with Gasteiger partial charge in [-0.3, -0.25) is 4.79 Å². The minimum atomic E-state index is -0.112. The van der Waals surface area contributed by atoms with Crippen molar-refractivity contribution in [3.63, 3.8) is 0 Å². The molecule has 0 aliphatic carbocycles. The number of amides is 1. The molecule has 148 valence electrons. The number of carbonyl (C=O) groups is 1. The third kappa shape index (κ3) is 4.35. The standard InChI is InChI=1S/C24H26N4O/c1-25-23-10-6-5-9-22(23)24(29)26-19-11-13-21(14-12-19)28-17-15-27(16-18-28)20-7-3-2-4-8-20/h2-14,25H,15-18H2,1H3,(H,26,29). The first-order valence-electron chi connectivity index (χ1n) is 9.98. The van der Waals surface area contributed by atoms with Gasteiger partial charge in [-0.1, -0.05) is 30.3 Å². The number of rotatable bonds is 5. The van der Waals surface area contributed by atoms with E-state index in [9.17, 15) is 4.79 Å². The third-order valence-corrected chi connectivity index (χ3v) is 5.33. The average Bonchev–Trinajstić information content (AvgIpc) is 2.80. The molecule has 0 atom stereocenters. The Bertz CT molecular complexity index is 948. The SMILES string of the molecule is CNc1ccccc1C(=O)Nc1ccc(N2CCN(c3ccccc3)CC2)cc1. The molecule has 3 aromatic rings. The lowest BCUT2D eigenvalue weighted by molar-refractivity contribution is 0.102. The Labute approximate surface area is 172 Å². The van der Waals surface area contributed by atoms with Gasteiger partial charge < -0.3 is 20.4 Å². The number of nitrogens with zero attached hydrogens (tertiary/aromatic N) is 2. The van der Waals surface area contributed by atoms with Crippen molar-refractivity contribution >= 4 is 28.7 Å². The summed E-state index contributed by atoms with van der Waals surface area (Å²) in [5, 5.41) is 6.04. The average molecular weight is 386 g/mol. The number of nitrogens with one attached hydrogen (secondary N) is 2. The van der Waals surface area contributed by atoms with Gasteiger partial charge in [0.1, 0.15) is 0 Å². The first-order valence-corrected chi connectivity index (χ1v) is 9.98. The number of carbonyl (C=O) groups excluding carboxylic acids is 1. The molecule has 3 aromatic carbocycles. The fourth-order valence-corrected chi connectivity index (χ4v) is 3.71. The molecule has 0 spiro atoms. The fourth-order valence-electron chi connectivity index (χ4n) is 3.71. The molecule has 5 nitrogen and oxygen atoms in total. The predicted molar refractivity (Wildman–Crippen MR) is 121 cm³/mol. The van der Waals surface area contributed by atoms with Crippen LogP contribution in [0.1, 0.15) is 10.4 Å². The Morgan fingerprint density at radius 3 is 1.90 bits per heavy atom. The predicted octanol–water partition coefficient (Wildman–Crippen LogP) is 4.31. The van der Waals surface area contributed by atoms with Crippen LogP contribution in [0.15, 0.2) is 78.9 Å². The second kappa shape index (κ2) is 8.69. The molecule has 0 aromatic heterocycles. The summed E-state index contributed by atoms with van der Waals surface area (Å²) < 4.78 is 0. The molecule has 2 N–H and O–H groups in total. The van der Waals surface area contributed by atoms with E-state index >= 15 is 0 Å². The molecule has 0 unspecified atom stereocenters. The number of para-hydroxylation sites is 2. The molecule has 0 saturated carbocycles. The van der Waals surface area contributed by atoms with Gasteiger partial charge in [-0.05, 0) is 48.5 Å². The van der Waals surface area contributed by atoms with Gasteiger partial charge in [0.05, 0.1) is 5.56 Å². The zero-order valence-corrected chi connectivity index (χ0v) is 16.6. The maximum absolute atomic E-state index is 12.6. The zero-order chi connectivity index (χ0) is 20.1. The Morgan fingerprint density at radius 2 is 1.28 bits per heavy atom. The summed E-state index contributed by atoms with van der Waals surface area (Å²) in [6.45, 7) is 3.97. The van der Waals surface area contributed by atoms with Crippen LogP contribution in [0.3, 0.4) is 0 Å². The van der Waals surface area contributed by atoms with Crippen molar-refractivity contribution in [2.45, 2.75) is 0 Å². The van der Waals surface area contributed by atoms with E-state index in [2.05, 4.69) is 62.9 Å². The van der Waals surface area contributed by atoms with E-state index in [0.717, 1.165) is 37.6 Å². The maximum atomic E-state index is 12.6. The fraction of sp³-hybridized carbons (Fsp3) is 0.208. The lowest BCUT2D eigenvalue weighted by Gasteiger charge is -2.37. The van der Waals surface area contributed by atoms with E-state index in [1.807, 2.05) is 43.4 Å². The quantitative estimate of drug-likeness (QED) is 0.686. The lowest BCUT2D eigenvalue weighted by Crippen LogP contribution is -2.46. The minimum absolute atomic E-state index is 0.112. The summed E-state index contributed by atoms with van der Waals surface area (Å²) in [5.74, 6) is -0.112. The number of anilines is 4. The third-order valence-electron chi connectivity index (χ3n) is 5.33. The molecule has 1 heterocycles. The summed E-state index contributed by atoms with van der Waals surface area (Å²) in [4.78, 5) is 17.4. The van der Waals surface area contributed by atoms with Crippen LogP contribution in [0, 0.1) is 0 Å². The molecule has 1 amide bonds. The Hall–Kier alpha value is -3.47. The van der Waals surface area contributed by atoms with Crippen LogP contribution >= 0.6 is 0 Å². The monoisotopic (exact) mass is 386 g/mol. The van der Waals surface area contributed by atoms with Crippen molar-refractivity contribution in [1.29, 1.82) is 0 Å². The maximum Gasteiger partial charge on any atom is 0.257 e. The van der Waals surface area contributed by atoms with Gasteiger partial charge in [0, 0.05) is 56.0 Å². The van der Waals surface area contributed by atoms with E-state index in [4.69, 9.17) is 0 Å². The summed E-state index contributed by atoms with van der Waals surface area (Å²) in [6, 6.07) is 26.2. The summed E-state index contributed by atoms with van der Waals surface area (Å²) in [6.07, 6.45) is 0. The van der Waals surface area contributed by atoms with E-state index < -0.39 is 0 Å². The van der Waals surface area contributed by atoms with Crippen molar-refractivity contribution < 1.29 is 4.79 Å². The van der Waals surface area contributed by atoms with Crippen LogP contribution < -0.4 is 20.4 Å². The second-order valence-electron chi connectivity index (χ2n) is 7.11. The second-order valence-corrected chi connectivity index (χ2v) is 7.11. The molecular weight excluding hydrogens is 360 g/mol. The van der Waals surface area contributed by atoms with Crippen LogP contribution in [0.4, 0.5) is 22.7 Å². The van der Waals surface area contributed by atoms with Crippen LogP contribution in [-0.4, -0.2) is 39.1 Å². The van der Waals surface area contributed by atoms with E-state index in [-0.39, 0.29) is 5.91 Å². The van der Waals surface area contributed by atoms with Crippen molar-refractivity contribution in [3.05, 3.63) is 84.4 Å². The van der Waals surface area contributed by atoms with Gasteiger partial charge >= 0.3 is 0 Å². The molecule has 0 radical (unpaired) electrons.